The maximum atomic E-state index is 15.5. The Morgan fingerprint density at radius 3 is 2.79 bits per heavy atom. The maximum absolute atomic E-state index is 15.5. The van der Waals surface area contributed by atoms with Crippen LogP contribution in [0.15, 0.2) is 10.6 Å². The normalized spacial score (nSPS) is 23.6. The second-order valence-corrected chi connectivity index (χ2v) is 10.6. The van der Waals surface area contributed by atoms with Crippen molar-refractivity contribution in [2.45, 2.75) is 76.8 Å². The molecule has 1 aliphatic carbocycles. The van der Waals surface area contributed by atoms with E-state index in [1.807, 2.05) is 0 Å². The van der Waals surface area contributed by atoms with Crippen LogP contribution in [-0.2, 0) is 24.1 Å². The van der Waals surface area contributed by atoms with E-state index in [9.17, 15) is 13.6 Å². The third-order valence-corrected chi connectivity index (χ3v) is 7.89. The Kier molecular flexibility index (Phi) is 8.29. The monoisotopic (exact) mass is 499 g/mol. The summed E-state index contributed by atoms with van der Waals surface area (Å²) >= 11 is 1.34. The fraction of sp³-hybridized carbons (Fsp3) is 0.708. The predicted molar refractivity (Wildman–Crippen MR) is 122 cm³/mol. The molecule has 0 spiro atoms. The molecule has 0 bridgehead atoms. The summed E-state index contributed by atoms with van der Waals surface area (Å²) in [6.07, 6.45) is 4.22. The summed E-state index contributed by atoms with van der Waals surface area (Å²) in [5.41, 5.74) is -0.262. The Balaban J connectivity index is 1.17. The highest BCUT2D eigenvalue weighted by Gasteiger charge is 2.36. The molecule has 2 aliphatic rings. The predicted octanol–water partition coefficient (Wildman–Crippen LogP) is 4.97. The summed E-state index contributed by atoms with van der Waals surface area (Å²) in [5, 5.41) is 0.312. The standard InChI is InChI=1S/C24H32F3N3O3S/c1-16-14-28-22(33-16)13-18(31)12-17-2-6-24(27,7-3-17)8-11-30-9-4-19-20(5-10-30)34-23(29-19)32-15-21(25)26/h14,17,21H,2-13,15H2,1H3. The molecule has 1 aliphatic heterocycles. The van der Waals surface area contributed by atoms with Gasteiger partial charge in [0.1, 0.15) is 17.2 Å². The van der Waals surface area contributed by atoms with Crippen molar-refractivity contribution in [2.75, 3.05) is 26.2 Å². The Morgan fingerprint density at radius 2 is 2.09 bits per heavy atom. The van der Waals surface area contributed by atoms with E-state index in [1.54, 1.807) is 13.1 Å². The van der Waals surface area contributed by atoms with Crippen molar-refractivity contribution in [1.82, 2.24) is 14.9 Å². The van der Waals surface area contributed by atoms with Crippen LogP contribution in [0.4, 0.5) is 13.2 Å². The minimum atomic E-state index is -2.51. The summed E-state index contributed by atoms with van der Waals surface area (Å²) in [6, 6.07) is 0. The lowest BCUT2D eigenvalue weighted by atomic mass is 9.76. The summed E-state index contributed by atoms with van der Waals surface area (Å²) < 4.78 is 50.6. The lowest BCUT2D eigenvalue weighted by Crippen LogP contribution is -2.36. The Hall–Kier alpha value is -1.94. The number of hydrogen-bond acceptors (Lipinski definition) is 7. The number of carbonyl (C=O) groups excluding carboxylic acids is 1. The molecule has 2 aromatic rings. The van der Waals surface area contributed by atoms with Crippen molar-refractivity contribution in [1.29, 1.82) is 0 Å². The fourth-order valence-electron chi connectivity index (χ4n) is 4.86. The molecule has 1 saturated carbocycles. The highest BCUT2D eigenvalue weighted by Crippen LogP contribution is 2.39. The number of alkyl halides is 3. The lowest BCUT2D eigenvalue weighted by molar-refractivity contribution is -0.120. The van der Waals surface area contributed by atoms with Gasteiger partial charge in [-0.3, -0.25) is 4.79 Å². The van der Waals surface area contributed by atoms with Crippen molar-refractivity contribution in [3.05, 3.63) is 28.4 Å². The van der Waals surface area contributed by atoms with E-state index in [2.05, 4.69) is 14.9 Å². The molecule has 0 N–H and O–H groups in total. The number of aromatic nitrogens is 2. The van der Waals surface area contributed by atoms with Gasteiger partial charge in [-0.1, -0.05) is 11.3 Å². The highest BCUT2D eigenvalue weighted by atomic mass is 32.1. The molecule has 10 heteroatoms. The topological polar surface area (TPSA) is 68.5 Å². The average Bonchev–Trinajstić information content (AvgIpc) is 3.33. The quantitative estimate of drug-likeness (QED) is 0.460. The van der Waals surface area contributed by atoms with Gasteiger partial charge in [0.15, 0.2) is 6.61 Å². The van der Waals surface area contributed by atoms with Gasteiger partial charge in [0.2, 0.25) is 5.89 Å². The number of thiazole rings is 1. The van der Waals surface area contributed by atoms with Gasteiger partial charge in [-0.25, -0.2) is 23.1 Å². The molecule has 6 nitrogen and oxygen atoms in total. The first kappa shape index (κ1) is 25.2. The molecule has 0 aromatic carbocycles. The van der Waals surface area contributed by atoms with E-state index in [4.69, 9.17) is 9.15 Å². The molecule has 3 heterocycles. The zero-order chi connectivity index (χ0) is 24.1. The molecule has 0 amide bonds. The minimum absolute atomic E-state index is 0.103. The second-order valence-electron chi connectivity index (χ2n) is 9.52. The minimum Gasteiger partial charge on any atom is -0.464 e. The first-order chi connectivity index (χ1) is 16.3. The van der Waals surface area contributed by atoms with Gasteiger partial charge in [0.05, 0.1) is 18.3 Å². The number of nitrogens with zero attached hydrogens (tertiary/aromatic N) is 3. The van der Waals surface area contributed by atoms with E-state index in [-0.39, 0.29) is 18.1 Å². The van der Waals surface area contributed by atoms with E-state index >= 15 is 4.39 Å². The Bertz CT molecular complexity index is 931. The number of oxazole rings is 1. The van der Waals surface area contributed by atoms with Crippen molar-refractivity contribution in [2.24, 2.45) is 5.92 Å². The van der Waals surface area contributed by atoms with E-state index in [0.29, 0.717) is 49.1 Å². The fourth-order valence-corrected chi connectivity index (χ4v) is 5.81. The number of hydrogen-bond donors (Lipinski definition) is 0. The third kappa shape index (κ3) is 7.04. The molecule has 0 unspecified atom stereocenters. The summed E-state index contributed by atoms with van der Waals surface area (Å²) in [4.78, 5) is 24.1. The largest absolute Gasteiger partial charge is 0.464 e. The van der Waals surface area contributed by atoms with Crippen LogP contribution in [0.2, 0.25) is 0 Å². The molecular weight excluding hydrogens is 467 g/mol. The van der Waals surface area contributed by atoms with Crippen LogP contribution in [0.5, 0.6) is 5.19 Å². The number of carbonyl (C=O) groups is 1. The summed E-state index contributed by atoms with van der Waals surface area (Å²) in [7, 11) is 0. The summed E-state index contributed by atoms with van der Waals surface area (Å²) in [6.45, 7) is 3.44. The van der Waals surface area contributed by atoms with Crippen LogP contribution in [0.25, 0.3) is 0 Å². The van der Waals surface area contributed by atoms with Crippen molar-refractivity contribution >= 4 is 17.1 Å². The SMILES string of the molecule is Cc1cnc(CC(=O)CC2CCC(F)(CCN3CCc4nc(OCC(F)F)sc4CC3)CC2)o1. The van der Waals surface area contributed by atoms with Gasteiger partial charge in [0.25, 0.3) is 11.6 Å². The molecule has 0 radical (unpaired) electrons. The second kappa shape index (κ2) is 11.2. The van der Waals surface area contributed by atoms with Gasteiger partial charge in [-0.05, 0) is 51.4 Å². The first-order valence-corrected chi connectivity index (χ1v) is 12.8. The summed E-state index contributed by atoms with van der Waals surface area (Å²) in [5.74, 6) is 1.49. The van der Waals surface area contributed by atoms with Gasteiger partial charge >= 0.3 is 0 Å². The van der Waals surface area contributed by atoms with Crippen LogP contribution in [-0.4, -0.2) is 59.0 Å². The van der Waals surface area contributed by atoms with Crippen LogP contribution in [0.1, 0.15) is 60.7 Å². The smallest absolute Gasteiger partial charge is 0.273 e. The van der Waals surface area contributed by atoms with Crippen LogP contribution >= 0.6 is 11.3 Å². The van der Waals surface area contributed by atoms with Crippen molar-refractivity contribution in [3.8, 4) is 5.19 Å². The molecule has 2 aromatic heterocycles. The molecule has 188 valence electrons. The zero-order valence-corrected chi connectivity index (χ0v) is 20.3. The molecule has 1 fully saturated rings. The van der Waals surface area contributed by atoms with Crippen LogP contribution in [0.3, 0.4) is 0 Å². The van der Waals surface area contributed by atoms with Crippen LogP contribution in [0, 0.1) is 12.8 Å². The van der Waals surface area contributed by atoms with E-state index in [1.165, 1.54) is 11.3 Å². The molecular formula is C24H32F3N3O3S. The number of Topliss-reactive ketones (excluding diaryl/α,β-unsaturated/α-hetero) is 1. The number of aryl methyl sites for hydroxylation is 1. The van der Waals surface area contributed by atoms with Gasteiger partial charge < -0.3 is 14.1 Å². The molecule has 4 rings (SSSR count). The van der Waals surface area contributed by atoms with Gasteiger partial charge in [0, 0.05) is 37.4 Å². The van der Waals surface area contributed by atoms with Crippen LogP contribution < -0.4 is 4.74 Å². The highest BCUT2D eigenvalue weighted by molar-refractivity contribution is 7.13. The number of ether oxygens (including phenoxy) is 1. The molecule has 34 heavy (non-hydrogen) atoms. The van der Waals surface area contributed by atoms with Gasteiger partial charge in [-0.2, -0.15) is 0 Å². The van der Waals surface area contributed by atoms with Gasteiger partial charge in [-0.15, -0.1) is 0 Å². The van der Waals surface area contributed by atoms with E-state index < -0.39 is 18.7 Å². The number of rotatable bonds is 10. The number of ketones is 1. The Labute approximate surface area is 201 Å². The molecule has 0 saturated heterocycles. The Morgan fingerprint density at radius 1 is 1.32 bits per heavy atom. The molecule has 0 atom stereocenters. The number of halogens is 3. The average molecular weight is 500 g/mol. The first-order valence-electron chi connectivity index (χ1n) is 12.0. The van der Waals surface area contributed by atoms with Crippen molar-refractivity contribution < 1.29 is 27.1 Å². The lowest BCUT2D eigenvalue weighted by Gasteiger charge is -2.35. The maximum Gasteiger partial charge on any atom is 0.273 e. The van der Waals surface area contributed by atoms with E-state index in [0.717, 1.165) is 49.3 Å². The van der Waals surface area contributed by atoms with Crippen molar-refractivity contribution in [3.63, 3.8) is 0 Å². The zero-order valence-electron chi connectivity index (χ0n) is 19.5. The number of fused-ring (bicyclic) bond motifs is 1. The third-order valence-electron chi connectivity index (χ3n) is 6.82.